The number of benzene rings is 1. The lowest BCUT2D eigenvalue weighted by Gasteiger charge is -2.05. The lowest BCUT2D eigenvalue weighted by atomic mass is 10.1. The van der Waals surface area contributed by atoms with Crippen LogP contribution in [0.1, 0.15) is 31.4 Å². The van der Waals surface area contributed by atoms with Gasteiger partial charge >= 0.3 is 0 Å². The van der Waals surface area contributed by atoms with Crippen LogP contribution < -0.4 is 5.32 Å². The van der Waals surface area contributed by atoms with Crippen LogP contribution in [0.15, 0.2) is 24.3 Å². The maximum atomic E-state index is 5.55. The second-order valence-corrected chi connectivity index (χ2v) is 4.28. The van der Waals surface area contributed by atoms with Gasteiger partial charge in [0.15, 0.2) is 0 Å². The largest absolute Gasteiger partial charge is 0.380 e. The van der Waals surface area contributed by atoms with Crippen LogP contribution in [0.5, 0.6) is 0 Å². The SMILES string of the molecule is CCCc1ccc(CCOCCNCC)cc1. The standard InChI is InChI=1S/C15H25NO/c1-3-5-14-6-8-15(9-7-14)10-12-17-13-11-16-4-2/h6-9,16H,3-5,10-13H2,1-2H3. The van der Waals surface area contributed by atoms with E-state index in [0.29, 0.717) is 0 Å². The molecule has 0 aliphatic rings. The number of rotatable bonds is 9. The minimum Gasteiger partial charge on any atom is -0.380 e. The van der Waals surface area contributed by atoms with E-state index in [1.807, 2.05) is 0 Å². The minimum atomic E-state index is 0.807. The molecule has 17 heavy (non-hydrogen) atoms. The van der Waals surface area contributed by atoms with Gasteiger partial charge in [-0.2, -0.15) is 0 Å². The molecule has 0 atom stereocenters. The van der Waals surface area contributed by atoms with Crippen LogP contribution in [-0.2, 0) is 17.6 Å². The molecule has 0 spiro atoms. The van der Waals surface area contributed by atoms with Gasteiger partial charge in [0.05, 0.1) is 13.2 Å². The topological polar surface area (TPSA) is 21.3 Å². The second-order valence-electron chi connectivity index (χ2n) is 4.28. The molecule has 2 nitrogen and oxygen atoms in total. The zero-order chi connectivity index (χ0) is 12.3. The Morgan fingerprint density at radius 1 is 0.941 bits per heavy atom. The van der Waals surface area contributed by atoms with Crippen molar-refractivity contribution < 1.29 is 4.74 Å². The van der Waals surface area contributed by atoms with E-state index in [9.17, 15) is 0 Å². The first-order chi connectivity index (χ1) is 8.36. The molecule has 0 heterocycles. The summed E-state index contributed by atoms with van der Waals surface area (Å²) in [7, 11) is 0. The molecule has 0 bridgehead atoms. The van der Waals surface area contributed by atoms with E-state index < -0.39 is 0 Å². The first kappa shape index (κ1) is 14.2. The van der Waals surface area contributed by atoms with E-state index >= 15 is 0 Å². The van der Waals surface area contributed by atoms with Crippen LogP contribution in [0.2, 0.25) is 0 Å². The van der Waals surface area contributed by atoms with Crippen molar-refractivity contribution >= 4 is 0 Å². The van der Waals surface area contributed by atoms with Gasteiger partial charge in [0.1, 0.15) is 0 Å². The summed E-state index contributed by atoms with van der Waals surface area (Å²) >= 11 is 0. The summed E-state index contributed by atoms with van der Waals surface area (Å²) in [6.45, 7) is 7.92. The molecule has 96 valence electrons. The molecule has 1 N–H and O–H groups in total. The number of hydrogen-bond acceptors (Lipinski definition) is 2. The molecular weight excluding hydrogens is 210 g/mol. The number of ether oxygens (including phenoxy) is 1. The fraction of sp³-hybridized carbons (Fsp3) is 0.600. The fourth-order valence-corrected chi connectivity index (χ4v) is 1.77. The quantitative estimate of drug-likeness (QED) is 0.665. The van der Waals surface area contributed by atoms with E-state index in [0.717, 1.165) is 32.7 Å². The molecule has 0 saturated heterocycles. The summed E-state index contributed by atoms with van der Waals surface area (Å²) in [5.41, 5.74) is 2.80. The van der Waals surface area contributed by atoms with Crippen molar-refractivity contribution in [3.05, 3.63) is 35.4 Å². The number of likely N-dealkylation sites (N-methyl/N-ethyl adjacent to an activating group) is 1. The van der Waals surface area contributed by atoms with Gasteiger partial charge in [-0.05, 0) is 30.5 Å². The van der Waals surface area contributed by atoms with Crippen LogP contribution in [-0.4, -0.2) is 26.3 Å². The third-order valence-electron chi connectivity index (χ3n) is 2.77. The highest BCUT2D eigenvalue weighted by Gasteiger charge is 1.95. The predicted octanol–water partition coefficient (Wildman–Crippen LogP) is 2.81. The van der Waals surface area contributed by atoms with Gasteiger partial charge in [0.2, 0.25) is 0 Å². The molecule has 0 aliphatic heterocycles. The average Bonchev–Trinajstić information content (AvgIpc) is 2.36. The van der Waals surface area contributed by atoms with Crippen molar-refractivity contribution in [1.82, 2.24) is 5.32 Å². The second kappa shape index (κ2) is 9.20. The highest BCUT2D eigenvalue weighted by Crippen LogP contribution is 2.07. The van der Waals surface area contributed by atoms with Crippen molar-refractivity contribution in [2.75, 3.05) is 26.3 Å². The normalized spacial score (nSPS) is 10.7. The van der Waals surface area contributed by atoms with Gasteiger partial charge in [-0.25, -0.2) is 0 Å². The molecule has 0 saturated carbocycles. The molecule has 1 aromatic rings. The van der Waals surface area contributed by atoms with Crippen molar-refractivity contribution in [1.29, 1.82) is 0 Å². The maximum Gasteiger partial charge on any atom is 0.0591 e. The van der Waals surface area contributed by atoms with Gasteiger partial charge in [-0.15, -0.1) is 0 Å². The Bertz CT molecular complexity index is 281. The fourth-order valence-electron chi connectivity index (χ4n) is 1.77. The zero-order valence-corrected chi connectivity index (χ0v) is 11.2. The Balaban J connectivity index is 2.14. The third-order valence-corrected chi connectivity index (χ3v) is 2.77. The molecule has 2 heteroatoms. The van der Waals surface area contributed by atoms with E-state index in [1.165, 1.54) is 24.0 Å². The first-order valence-electron chi connectivity index (χ1n) is 6.73. The van der Waals surface area contributed by atoms with Crippen molar-refractivity contribution in [2.45, 2.75) is 33.1 Å². The van der Waals surface area contributed by atoms with Gasteiger partial charge in [0.25, 0.3) is 0 Å². The van der Waals surface area contributed by atoms with Crippen LogP contribution in [0.4, 0.5) is 0 Å². The molecule has 1 aromatic carbocycles. The summed E-state index contributed by atoms with van der Waals surface area (Å²) in [6, 6.07) is 8.91. The highest BCUT2D eigenvalue weighted by atomic mass is 16.5. The van der Waals surface area contributed by atoms with Gasteiger partial charge in [-0.3, -0.25) is 0 Å². The average molecular weight is 235 g/mol. The summed E-state index contributed by atoms with van der Waals surface area (Å²) in [5.74, 6) is 0. The molecular formula is C15H25NO. The molecule has 0 unspecified atom stereocenters. The Hall–Kier alpha value is -0.860. The lowest BCUT2D eigenvalue weighted by molar-refractivity contribution is 0.139. The van der Waals surface area contributed by atoms with Crippen LogP contribution in [0.3, 0.4) is 0 Å². The smallest absolute Gasteiger partial charge is 0.0591 e. The van der Waals surface area contributed by atoms with E-state index in [4.69, 9.17) is 4.74 Å². The van der Waals surface area contributed by atoms with Gasteiger partial charge in [0, 0.05) is 6.54 Å². The molecule has 0 aromatic heterocycles. The third kappa shape index (κ3) is 6.44. The van der Waals surface area contributed by atoms with Crippen LogP contribution in [0, 0.1) is 0 Å². The monoisotopic (exact) mass is 235 g/mol. The summed E-state index contributed by atoms with van der Waals surface area (Å²) in [4.78, 5) is 0. The van der Waals surface area contributed by atoms with E-state index in [1.54, 1.807) is 0 Å². The number of nitrogens with one attached hydrogen (secondary N) is 1. The summed E-state index contributed by atoms with van der Waals surface area (Å²) in [5, 5.41) is 3.24. The first-order valence-corrected chi connectivity index (χ1v) is 6.73. The van der Waals surface area contributed by atoms with E-state index in [2.05, 4.69) is 43.4 Å². The Kier molecular flexibility index (Phi) is 7.69. The van der Waals surface area contributed by atoms with Crippen molar-refractivity contribution in [3.8, 4) is 0 Å². The van der Waals surface area contributed by atoms with Crippen molar-refractivity contribution in [3.63, 3.8) is 0 Å². The van der Waals surface area contributed by atoms with Crippen molar-refractivity contribution in [2.24, 2.45) is 0 Å². The summed E-state index contributed by atoms with van der Waals surface area (Å²) in [6.07, 6.45) is 3.41. The molecule has 0 radical (unpaired) electrons. The molecule has 1 rings (SSSR count). The Morgan fingerprint density at radius 3 is 2.18 bits per heavy atom. The Labute approximate surface area is 105 Å². The minimum absolute atomic E-state index is 0.807. The zero-order valence-electron chi connectivity index (χ0n) is 11.2. The van der Waals surface area contributed by atoms with Gasteiger partial charge in [-0.1, -0.05) is 44.5 Å². The predicted molar refractivity (Wildman–Crippen MR) is 73.5 cm³/mol. The number of aryl methyl sites for hydroxylation is 1. The highest BCUT2D eigenvalue weighted by molar-refractivity contribution is 5.22. The number of hydrogen-bond donors (Lipinski definition) is 1. The molecule has 0 fully saturated rings. The maximum absolute atomic E-state index is 5.55. The lowest BCUT2D eigenvalue weighted by Crippen LogP contribution is -2.19. The van der Waals surface area contributed by atoms with Crippen LogP contribution >= 0.6 is 0 Å². The van der Waals surface area contributed by atoms with Crippen LogP contribution in [0.25, 0.3) is 0 Å². The molecule has 0 aliphatic carbocycles. The summed E-state index contributed by atoms with van der Waals surface area (Å²) < 4.78 is 5.55. The van der Waals surface area contributed by atoms with Gasteiger partial charge < -0.3 is 10.1 Å². The Morgan fingerprint density at radius 2 is 1.59 bits per heavy atom. The van der Waals surface area contributed by atoms with E-state index in [-0.39, 0.29) is 0 Å². The molecule has 0 amide bonds.